The Labute approximate surface area is 356 Å². The maximum atomic E-state index is 10.7. The molecule has 10 heteroatoms. The Hall–Kier alpha value is -4.70. The molecule has 9 nitrogen and oxygen atoms in total. The first-order valence-corrected chi connectivity index (χ1v) is 21.2. The van der Waals surface area contributed by atoms with Gasteiger partial charge in [0.15, 0.2) is 27.9 Å². The third kappa shape index (κ3) is 16.5. The highest BCUT2D eigenvalue weighted by atomic mass is 32.2. The third-order valence-electron chi connectivity index (χ3n) is 7.01. The van der Waals surface area contributed by atoms with Crippen molar-refractivity contribution in [2.45, 2.75) is 173 Å². The number of carbonyl (C=O) groups is 1. The zero-order valence-corrected chi connectivity index (χ0v) is 39.4. The van der Waals surface area contributed by atoms with Crippen molar-refractivity contribution in [2.75, 3.05) is 0 Å². The number of carboxylic acids is 1. The molecule has 0 saturated carbocycles. The summed E-state index contributed by atoms with van der Waals surface area (Å²) in [5, 5.41) is 19.0. The molecule has 0 heterocycles. The molecule has 4 aromatic carbocycles. The van der Waals surface area contributed by atoms with Gasteiger partial charge in [0.1, 0.15) is 56.0 Å². The van der Waals surface area contributed by atoms with Crippen LogP contribution in [-0.2, 0) is 10.9 Å². The highest BCUT2D eigenvalue weighted by Crippen LogP contribution is 2.53. The van der Waals surface area contributed by atoms with E-state index in [9.17, 15) is 9.90 Å². The molecule has 0 spiro atoms. The Kier molecular flexibility index (Phi) is 15.1. The molecule has 0 aliphatic heterocycles. The molecule has 0 aromatic heterocycles. The van der Waals surface area contributed by atoms with Crippen LogP contribution in [0.1, 0.15) is 135 Å². The van der Waals surface area contributed by atoms with Gasteiger partial charge in [-0.1, -0.05) is 42.1 Å². The summed E-state index contributed by atoms with van der Waals surface area (Å²) in [5.41, 5.74) is -3.17. The molecule has 0 radical (unpaired) electrons. The average Bonchev–Trinajstić information content (AvgIpc) is 2.99. The predicted molar refractivity (Wildman–Crippen MR) is 237 cm³/mol. The van der Waals surface area contributed by atoms with Gasteiger partial charge >= 0.3 is 5.97 Å². The Morgan fingerprint density at radius 3 is 1.00 bits per heavy atom. The van der Waals surface area contributed by atoms with Crippen LogP contribution in [0, 0.1) is 0 Å². The van der Waals surface area contributed by atoms with Crippen molar-refractivity contribution in [2.24, 2.45) is 0 Å². The zero-order chi connectivity index (χ0) is 44.9. The van der Waals surface area contributed by atoms with Gasteiger partial charge < -0.3 is 38.6 Å². The van der Waals surface area contributed by atoms with E-state index in [1.165, 1.54) is 24.3 Å². The predicted octanol–water partition coefficient (Wildman–Crippen LogP) is 12.3. The van der Waals surface area contributed by atoms with Crippen LogP contribution in [0.5, 0.6) is 40.2 Å². The molecule has 0 saturated heterocycles. The second-order valence-electron chi connectivity index (χ2n) is 20.2. The largest absolute Gasteiger partial charge is 0.872 e. The minimum atomic E-state index is -1.18. The maximum absolute atomic E-state index is 10.7. The van der Waals surface area contributed by atoms with E-state index >= 15 is 0 Å². The zero-order valence-electron chi connectivity index (χ0n) is 38.6. The second-order valence-corrected chi connectivity index (χ2v) is 22.1. The van der Waals surface area contributed by atoms with Crippen molar-refractivity contribution in [1.82, 2.24) is 0 Å². The minimum Gasteiger partial charge on any atom is -0.872 e. The first-order valence-electron chi connectivity index (χ1n) is 20.0. The van der Waals surface area contributed by atoms with E-state index in [2.05, 4.69) is 107 Å². The number of rotatable bonds is 10. The third-order valence-corrected chi connectivity index (χ3v) is 9.37. The Morgan fingerprint density at radius 1 is 0.458 bits per heavy atom. The van der Waals surface area contributed by atoms with Gasteiger partial charge in [-0.25, -0.2) is 4.79 Å². The molecule has 4 rings (SSSR count). The summed E-state index contributed by atoms with van der Waals surface area (Å²) in [6, 6.07) is 24.0. The summed E-state index contributed by atoms with van der Waals surface area (Å²) < 4.78 is 40.5. The lowest BCUT2D eigenvalue weighted by molar-refractivity contribution is -0.268. The van der Waals surface area contributed by atoms with Gasteiger partial charge in [0.05, 0.1) is 5.56 Å². The van der Waals surface area contributed by atoms with Crippen LogP contribution < -0.4 is 33.5 Å². The van der Waals surface area contributed by atoms with Crippen LogP contribution in [0.4, 0.5) is 0 Å². The Bertz CT molecular complexity index is 1840. The van der Waals surface area contributed by atoms with Gasteiger partial charge in [-0.05, 0) is 143 Å². The van der Waals surface area contributed by atoms with Crippen LogP contribution in [0.3, 0.4) is 0 Å². The van der Waals surface area contributed by atoms with E-state index in [-0.39, 0.29) is 5.56 Å². The Morgan fingerprint density at radius 2 is 0.746 bits per heavy atom. The fourth-order valence-corrected chi connectivity index (χ4v) is 7.80. The molecule has 0 aliphatic rings. The van der Waals surface area contributed by atoms with E-state index in [0.29, 0.717) is 34.5 Å². The number of hydrogen-bond donors (Lipinski definition) is 1. The number of benzene rings is 4. The summed E-state index contributed by atoms with van der Waals surface area (Å²) in [7, 11) is -0.874. The van der Waals surface area contributed by atoms with Crippen LogP contribution in [-0.4, -0.2) is 44.7 Å². The fraction of sp³-hybridized carbons (Fsp3) is 0.490. The highest BCUT2D eigenvalue weighted by Gasteiger charge is 2.45. The topological polar surface area (TPSA) is 116 Å². The minimum absolute atomic E-state index is 0.178. The van der Waals surface area contributed by atoms with E-state index in [4.69, 9.17) is 33.5 Å². The van der Waals surface area contributed by atoms with Crippen LogP contribution in [0.15, 0.2) is 93.5 Å². The molecular formula is C49H68O9S. The molecule has 0 amide bonds. The van der Waals surface area contributed by atoms with Crippen LogP contribution in [0.2, 0.25) is 0 Å². The molecule has 0 unspecified atom stereocenters. The van der Waals surface area contributed by atoms with Gasteiger partial charge in [-0.2, -0.15) is 0 Å². The number of carboxylic acid groups (broad SMARTS) is 1. The van der Waals surface area contributed by atoms with Gasteiger partial charge in [0.2, 0.25) is 0 Å². The van der Waals surface area contributed by atoms with Crippen molar-refractivity contribution < 1.29 is 43.4 Å². The lowest BCUT2D eigenvalue weighted by atomic mass is 10.1. The summed E-state index contributed by atoms with van der Waals surface area (Å²) in [6.45, 7) is 36.9. The van der Waals surface area contributed by atoms with Gasteiger partial charge in [0.25, 0.3) is 9.79 Å². The molecular weight excluding hydrogens is 765 g/mol. The molecule has 0 fully saturated rings. The molecule has 0 bridgehead atoms. The highest BCUT2D eigenvalue weighted by molar-refractivity contribution is 7.97. The molecule has 59 heavy (non-hydrogen) atoms. The lowest BCUT2D eigenvalue weighted by Gasteiger charge is -2.31. The Balaban J connectivity index is 0.000000809. The quantitative estimate of drug-likeness (QED) is 0.156. The van der Waals surface area contributed by atoms with Crippen LogP contribution in [0.25, 0.3) is 0 Å². The molecule has 0 aliphatic carbocycles. The SMILES string of the molecule is CC(C)(C)Oc1cc(OC(C)(C)C)c([S+](c2ccccc2)c2c(OC(C)(C)C)cc(OC(C)(C)C)cc2OC(C)(C)C)c(OC(C)(C)C)c1.O=C(O)c1ccccc1[O-]. The normalized spacial score (nSPS) is 12.6. The first kappa shape index (κ1) is 48.7. The van der Waals surface area contributed by atoms with E-state index < -0.39 is 56.2 Å². The summed E-state index contributed by atoms with van der Waals surface area (Å²) in [6.07, 6.45) is 0. The first-order chi connectivity index (χ1) is 26.7. The standard InChI is InChI=1S/C42H63O6S.C7H6O3/c1-37(2,3)43-28-24-31(45-39(7,8)9)35(32(25-28)46-40(10,11)12)49(30-22-20-19-21-23-30)36-33(47-41(13,14)15)26-29(44-38(4,5)6)27-34(36)48-42(16,17)18;8-6-4-2-1-3-5(6)7(9)10/h19-27H,1-18H3;1-4,8H,(H,9,10)/q+1;/p-1. The van der Waals surface area contributed by atoms with Crippen molar-refractivity contribution in [1.29, 1.82) is 0 Å². The van der Waals surface area contributed by atoms with Crippen LogP contribution >= 0.6 is 0 Å². The molecule has 0 atom stereocenters. The molecule has 4 aromatic rings. The van der Waals surface area contributed by atoms with Gasteiger partial charge in [0, 0.05) is 24.3 Å². The van der Waals surface area contributed by atoms with Crippen molar-refractivity contribution in [3.8, 4) is 40.2 Å². The summed E-state index contributed by atoms with van der Waals surface area (Å²) >= 11 is 0. The number of para-hydroxylation sites is 1. The van der Waals surface area contributed by atoms with Crippen molar-refractivity contribution in [3.05, 3.63) is 84.4 Å². The molecule has 1 N–H and O–H groups in total. The number of aromatic carboxylic acids is 1. The van der Waals surface area contributed by atoms with Gasteiger partial charge in [-0.15, -0.1) is 0 Å². The van der Waals surface area contributed by atoms with Crippen molar-refractivity contribution in [3.63, 3.8) is 0 Å². The van der Waals surface area contributed by atoms with Crippen molar-refractivity contribution >= 4 is 16.9 Å². The second kappa shape index (κ2) is 18.3. The average molecular weight is 833 g/mol. The monoisotopic (exact) mass is 832 g/mol. The maximum Gasteiger partial charge on any atom is 0.335 e. The smallest absolute Gasteiger partial charge is 0.335 e. The summed E-state index contributed by atoms with van der Waals surface area (Å²) in [5.74, 6) is 2.37. The lowest BCUT2D eigenvalue weighted by Crippen LogP contribution is -2.29. The number of ether oxygens (including phenoxy) is 6. The van der Waals surface area contributed by atoms with Gasteiger partial charge in [-0.3, -0.25) is 0 Å². The fourth-order valence-electron chi connectivity index (χ4n) is 5.49. The number of hydrogen-bond acceptors (Lipinski definition) is 8. The van der Waals surface area contributed by atoms with E-state index in [0.717, 1.165) is 14.7 Å². The molecule has 324 valence electrons. The van der Waals surface area contributed by atoms with E-state index in [1.807, 2.05) is 71.9 Å². The van der Waals surface area contributed by atoms with E-state index in [1.54, 1.807) is 0 Å². The summed E-state index contributed by atoms with van der Waals surface area (Å²) in [4.78, 5) is 13.0.